The van der Waals surface area contributed by atoms with Crippen molar-refractivity contribution in [1.82, 2.24) is 20.3 Å². The van der Waals surface area contributed by atoms with Crippen molar-refractivity contribution >= 4 is 32.6 Å². The fourth-order valence-electron chi connectivity index (χ4n) is 6.68. The molecule has 1 aliphatic heterocycles. The highest BCUT2D eigenvalue weighted by Gasteiger charge is 2.40. The van der Waals surface area contributed by atoms with Crippen LogP contribution in [0.3, 0.4) is 0 Å². The predicted octanol–water partition coefficient (Wildman–Crippen LogP) is 3.76. The van der Waals surface area contributed by atoms with Gasteiger partial charge in [0.25, 0.3) is 0 Å². The van der Waals surface area contributed by atoms with Crippen molar-refractivity contribution in [3.8, 4) is 0 Å². The SMILES string of the molecule is CC(C)(C)NC(=O)[C@@H]1CC2CCCCC2CN1CC[C@H](Cc1ccccc1)NC(=O)[C@@H](CS(=O)c1ccc(F)cc1)NS(C)(=O)=O. The van der Waals surface area contributed by atoms with E-state index in [1.54, 1.807) is 0 Å². The normalized spacial score (nSPS) is 22.7. The topological polar surface area (TPSA) is 125 Å². The third-order valence-corrected chi connectivity index (χ3v) is 11.0. The number of fused-ring (bicyclic) bond motifs is 1. The van der Waals surface area contributed by atoms with Gasteiger partial charge in [-0.1, -0.05) is 49.6 Å². The van der Waals surface area contributed by atoms with E-state index in [1.165, 1.54) is 37.1 Å². The molecule has 6 atom stereocenters. The van der Waals surface area contributed by atoms with Crippen molar-refractivity contribution in [2.45, 2.75) is 94.3 Å². The first-order chi connectivity index (χ1) is 21.7. The van der Waals surface area contributed by atoms with Crippen molar-refractivity contribution < 1.29 is 26.6 Å². The standard InChI is InChI=1S/C34H49FN4O5S2/c1-34(2,3)37-33(41)31-21-25-12-8-9-13-26(25)22-39(31)19-18-28(20-24-10-6-5-7-11-24)36-32(40)30(38-46(4,43)44)23-45(42)29-16-14-27(35)15-17-29/h5-7,10-11,14-17,25-26,28,30-31,38H,8-9,12-13,18-23H2,1-4H3,(H,36,40)(H,37,41)/t25?,26?,28-,30-,31+,45?/m1/s1. The Morgan fingerprint density at radius 3 is 2.30 bits per heavy atom. The average Bonchev–Trinajstić information content (AvgIpc) is 2.98. The molecule has 0 bridgehead atoms. The van der Waals surface area contributed by atoms with E-state index >= 15 is 0 Å². The van der Waals surface area contributed by atoms with Gasteiger partial charge in [0.2, 0.25) is 21.8 Å². The van der Waals surface area contributed by atoms with Crippen LogP contribution < -0.4 is 15.4 Å². The van der Waals surface area contributed by atoms with Crippen molar-refractivity contribution in [3.05, 3.63) is 66.0 Å². The van der Waals surface area contributed by atoms with Gasteiger partial charge < -0.3 is 10.6 Å². The van der Waals surface area contributed by atoms with Crippen LogP contribution in [0, 0.1) is 17.7 Å². The molecule has 1 heterocycles. The predicted molar refractivity (Wildman–Crippen MR) is 179 cm³/mol. The number of rotatable bonds is 13. The van der Waals surface area contributed by atoms with Crippen LogP contribution in [0.25, 0.3) is 0 Å². The summed E-state index contributed by atoms with van der Waals surface area (Å²) >= 11 is 0. The lowest BCUT2D eigenvalue weighted by atomic mass is 9.72. The highest BCUT2D eigenvalue weighted by atomic mass is 32.2. The van der Waals surface area contributed by atoms with E-state index in [0.717, 1.165) is 37.6 Å². The molecule has 4 rings (SSSR count). The van der Waals surface area contributed by atoms with Gasteiger partial charge in [-0.15, -0.1) is 0 Å². The molecule has 254 valence electrons. The molecule has 12 heteroatoms. The highest BCUT2D eigenvalue weighted by molar-refractivity contribution is 7.89. The Morgan fingerprint density at radius 1 is 1.02 bits per heavy atom. The van der Waals surface area contributed by atoms with Crippen molar-refractivity contribution in [1.29, 1.82) is 0 Å². The van der Waals surface area contributed by atoms with Gasteiger partial charge in [0, 0.05) is 29.6 Å². The number of likely N-dealkylation sites (tertiary alicyclic amines) is 1. The fourth-order valence-corrected chi connectivity index (χ4v) is 8.66. The third-order valence-electron chi connectivity index (χ3n) is 8.81. The zero-order valence-electron chi connectivity index (χ0n) is 27.3. The van der Waals surface area contributed by atoms with Gasteiger partial charge in [-0.05, 0) is 88.1 Å². The Hall–Kier alpha value is -2.67. The first-order valence-electron chi connectivity index (χ1n) is 16.2. The Labute approximate surface area is 276 Å². The summed E-state index contributed by atoms with van der Waals surface area (Å²) in [6.07, 6.45) is 7.51. The molecule has 0 spiro atoms. The van der Waals surface area contributed by atoms with Gasteiger partial charge in [0.1, 0.15) is 11.9 Å². The van der Waals surface area contributed by atoms with E-state index in [0.29, 0.717) is 36.1 Å². The van der Waals surface area contributed by atoms with Crippen LogP contribution in [0.1, 0.15) is 64.9 Å². The van der Waals surface area contributed by atoms with E-state index in [9.17, 15) is 26.6 Å². The van der Waals surface area contributed by atoms with Crippen LogP contribution in [-0.2, 0) is 36.8 Å². The molecule has 2 aliphatic rings. The first kappa shape index (κ1) is 36.2. The van der Waals surface area contributed by atoms with Gasteiger partial charge in [-0.3, -0.25) is 18.7 Å². The molecule has 3 N–H and O–H groups in total. The number of nitrogens with zero attached hydrogens (tertiary/aromatic N) is 1. The Morgan fingerprint density at radius 2 is 1.67 bits per heavy atom. The number of sulfonamides is 1. The lowest BCUT2D eigenvalue weighted by Gasteiger charge is -2.46. The Kier molecular flexibility index (Phi) is 12.5. The Bertz CT molecular complexity index is 1450. The number of nitrogens with one attached hydrogen (secondary N) is 3. The summed E-state index contributed by atoms with van der Waals surface area (Å²) in [6.45, 7) is 7.35. The summed E-state index contributed by atoms with van der Waals surface area (Å²) in [7, 11) is -5.60. The molecule has 2 fully saturated rings. The van der Waals surface area contributed by atoms with Crippen molar-refractivity contribution in [2.75, 3.05) is 25.1 Å². The molecule has 2 aromatic carbocycles. The summed E-state index contributed by atoms with van der Waals surface area (Å²) in [5.74, 6) is -0.286. The number of amides is 2. The summed E-state index contributed by atoms with van der Waals surface area (Å²) < 4.78 is 53.4. The molecule has 2 aromatic rings. The van der Waals surface area contributed by atoms with Crippen LogP contribution in [0.5, 0.6) is 0 Å². The van der Waals surface area contributed by atoms with Crippen molar-refractivity contribution in [2.24, 2.45) is 11.8 Å². The molecular formula is C34H49FN4O5S2. The minimum atomic E-state index is -3.83. The molecular weight excluding hydrogens is 628 g/mol. The van der Waals surface area contributed by atoms with Gasteiger partial charge in [0.05, 0.1) is 28.9 Å². The summed E-state index contributed by atoms with van der Waals surface area (Å²) in [4.78, 5) is 29.8. The number of piperidine rings is 1. The fraction of sp³-hybridized carbons (Fsp3) is 0.588. The molecule has 1 saturated carbocycles. The zero-order valence-corrected chi connectivity index (χ0v) is 29.0. The second-order valence-corrected chi connectivity index (χ2v) is 17.2. The van der Waals surface area contributed by atoms with E-state index in [1.807, 2.05) is 51.1 Å². The molecule has 2 amide bonds. The molecule has 1 aliphatic carbocycles. The largest absolute Gasteiger partial charge is 0.352 e. The van der Waals surface area contributed by atoms with Crippen LogP contribution >= 0.6 is 0 Å². The summed E-state index contributed by atoms with van der Waals surface area (Å²) in [5, 5.41) is 6.23. The van der Waals surface area contributed by atoms with Gasteiger partial charge >= 0.3 is 0 Å². The maximum atomic E-state index is 13.7. The van der Waals surface area contributed by atoms with E-state index in [-0.39, 0.29) is 29.3 Å². The molecule has 46 heavy (non-hydrogen) atoms. The van der Waals surface area contributed by atoms with Crippen molar-refractivity contribution in [3.63, 3.8) is 0 Å². The average molecular weight is 677 g/mol. The van der Waals surface area contributed by atoms with Crippen LogP contribution in [-0.4, -0.2) is 78.1 Å². The number of hydrogen-bond donors (Lipinski definition) is 3. The van der Waals surface area contributed by atoms with Crippen LogP contribution in [0.2, 0.25) is 0 Å². The summed E-state index contributed by atoms with van der Waals surface area (Å²) in [6, 6.07) is 12.8. The van der Waals surface area contributed by atoms with Gasteiger partial charge in [-0.2, -0.15) is 0 Å². The zero-order chi connectivity index (χ0) is 33.5. The van der Waals surface area contributed by atoms with Crippen LogP contribution in [0.4, 0.5) is 4.39 Å². The van der Waals surface area contributed by atoms with E-state index in [2.05, 4.69) is 20.3 Å². The highest BCUT2D eigenvalue weighted by Crippen LogP contribution is 2.39. The number of hydrogen-bond acceptors (Lipinski definition) is 6. The quantitative estimate of drug-likeness (QED) is 0.297. The maximum Gasteiger partial charge on any atom is 0.239 e. The van der Waals surface area contributed by atoms with E-state index < -0.39 is 38.6 Å². The van der Waals surface area contributed by atoms with Crippen LogP contribution in [0.15, 0.2) is 59.5 Å². The van der Waals surface area contributed by atoms with Gasteiger partial charge in [0.15, 0.2) is 0 Å². The molecule has 1 saturated heterocycles. The molecule has 0 radical (unpaired) electrons. The Balaban J connectivity index is 1.53. The second-order valence-electron chi connectivity index (χ2n) is 13.9. The lowest BCUT2D eigenvalue weighted by molar-refractivity contribution is -0.132. The van der Waals surface area contributed by atoms with Gasteiger partial charge in [-0.25, -0.2) is 17.5 Å². The molecule has 9 nitrogen and oxygen atoms in total. The maximum absolute atomic E-state index is 13.7. The smallest absolute Gasteiger partial charge is 0.239 e. The number of benzene rings is 2. The monoisotopic (exact) mass is 676 g/mol. The number of halogens is 1. The lowest BCUT2D eigenvalue weighted by Crippen LogP contribution is -2.58. The molecule has 0 aromatic heterocycles. The summed E-state index contributed by atoms with van der Waals surface area (Å²) in [5.41, 5.74) is 0.648. The third kappa shape index (κ3) is 11.2. The minimum Gasteiger partial charge on any atom is -0.352 e. The van der Waals surface area contributed by atoms with E-state index in [4.69, 9.17) is 0 Å². The number of carbonyl (C=O) groups is 2. The minimum absolute atomic E-state index is 0.0286. The first-order valence-corrected chi connectivity index (χ1v) is 19.4. The number of carbonyl (C=O) groups excluding carboxylic acids is 2. The molecule has 3 unspecified atom stereocenters. The second kappa shape index (κ2) is 16.0.